The smallest absolute Gasteiger partial charge is 0.303 e. The highest BCUT2D eigenvalue weighted by atomic mass is 16.5. The minimum atomic E-state index is -0.161. The van der Waals surface area contributed by atoms with E-state index in [1.165, 1.54) is 88.7 Å². The zero-order valence-corrected chi connectivity index (χ0v) is 15.4. The van der Waals surface area contributed by atoms with Crippen LogP contribution in [0.4, 0.5) is 0 Å². The Kier molecular flexibility index (Phi) is 7.84. The lowest BCUT2D eigenvalue weighted by molar-refractivity contribution is -0.945. The van der Waals surface area contributed by atoms with Crippen LogP contribution in [0.15, 0.2) is 0 Å². The summed E-state index contributed by atoms with van der Waals surface area (Å²) < 4.78 is 6.51. The summed E-state index contributed by atoms with van der Waals surface area (Å²) in [5.74, 6) is -0.161. The van der Waals surface area contributed by atoms with Crippen LogP contribution in [0.5, 0.6) is 0 Å². The van der Waals surface area contributed by atoms with Gasteiger partial charge in [0.15, 0.2) is 0 Å². The Morgan fingerprint density at radius 3 is 2.39 bits per heavy atom. The van der Waals surface area contributed by atoms with E-state index >= 15 is 0 Å². The van der Waals surface area contributed by atoms with Gasteiger partial charge < -0.3 is 9.22 Å². The average Bonchev–Trinajstić information content (AvgIpc) is 3.00. The largest absolute Gasteiger partial charge is 0.449 e. The molecule has 0 aromatic rings. The number of ether oxygens (including phenoxy) is 1. The van der Waals surface area contributed by atoms with Gasteiger partial charge in [-0.15, -0.1) is 0 Å². The fraction of sp³-hybridized carbons (Fsp3) is 0.947. The van der Waals surface area contributed by atoms with Gasteiger partial charge in [-0.2, -0.15) is 0 Å². The summed E-state index contributed by atoms with van der Waals surface area (Å²) in [4.78, 5) is 13.5. The predicted molar refractivity (Wildman–Crippen MR) is 93.8 cm³/mol. The van der Waals surface area contributed by atoms with E-state index in [1.807, 2.05) is 0 Å². The molecule has 2 rings (SSSR count). The molecule has 1 heterocycles. The van der Waals surface area contributed by atoms with E-state index in [1.54, 1.807) is 0 Å². The van der Waals surface area contributed by atoms with E-state index in [2.05, 4.69) is 11.8 Å². The second-order valence-electron chi connectivity index (χ2n) is 7.67. The van der Waals surface area contributed by atoms with Crippen molar-refractivity contribution in [3.8, 4) is 0 Å². The minimum Gasteiger partial charge on any atom is -0.449 e. The molecule has 0 aromatic heterocycles. The van der Waals surface area contributed by atoms with Crippen LogP contribution >= 0.6 is 0 Å². The summed E-state index contributed by atoms with van der Waals surface area (Å²) >= 11 is 0. The van der Waals surface area contributed by atoms with E-state index in [4.69, 9.17) is 4.74 Å². The standard InChI is InChI=1S/C19H37N2O2/c1-3-4-14-21(15-13-20(16-21)17-23-18(2)22)19-11-9-7-5-6-8-10-12-19/h19H,3-17H2,1-2H3/q+1. The highest BCUT2D eigenvalue weighted by Crippen LogP contribution is 2.30. The van der Waals surface area contributed by atoms with E-state index < -0.39 is 0 Å². The van der Waals surface area contributed by atoms with Crippen molar-refractivity contribution < 1.29 is 14.0 Å². The van der Waals surface area contributed by atoms with Crippen LogP contribution in [0.3, 0.4) is 0 Å². The molecule has 0 N–H and O–H groups in total. The van der Waals surface area contributed by atoms with Crippen LogP contribution in [-0.4, -0.2) is 54.4 Å². The van der Waals surface area contributed by atoms with Gasteiger partial charge in [-0.25, -0.2) is 4.90 Å². The molecule has 1 saturated carbocycles. The monoisotopic (exact) mass is 325 g/mol. The lowest BCUT2D eigenvalue weighted by Crippen LogP contribution is -2.55. The first-order valence-electron chi connectivity index (χ1n) is 9.88. The second-order valence-corrected chi connectivity index (χ2v) is 7.67. The molecule has 1 unspecified atom stereocenters. The molecule has 0 radical (unpaired) electrons. The topological polar surface area (TPSA) is 29.5 Å². The van der Waals surface area contributed by atoms with Crippen LogP contribution in [0, 0.1) is 0 Å². The third-order valence-electron chi connectivity index (χ3n) is 5.85. The van der Waals surface area contributed by atoms with Gasteiger partial charge in [-0.3, -0.25) is 4.79 Å². The van der Waals surface area contributed by atoms with Gasteiger partial charge in [0.25, 0.3) is 0 Å². The van der Waals surface area contributed by atoms with Crippen LogP contribution in [-0.2, 0) is 9.53 Å². The summed E-state index contributed by atoms with van der Waals surface area (Å²) in [6.07, 6.45) is 13.9. The number of esters is 1. The molecule has 0 spiro atoms. The number of quaternary nitrogens is 1. The number of hydrogen-bond donors (Lipinski definition) is 0. The molecular weight excluding hydrogens is 288 g/mol. The normalized spacial score (nSPS) is 28.1. The molecular formula is C19H37N2O2+. The maximum atomic E-state index is 11.1. The third-order valence-corrected chi connectivity index (χ3v) is 5.85. The molecule has 1 aliphatic heterocycles. The summed E-state index contributed by atoms with van der Waals surface area (Å²) in [5.41, 5.74) is 0. The molecule has 2 aliphatic rings. The van der Waals surface area contributed by atoms with E-state index in [0.717, 1.165) is 19.3 Å². The Hall–Kier alpha value is -0.610. The van der Waals surface area contributed by atoms with Crippen molar-refractivity contribution in [1.29, 1.82) is 0 Å². The molecule has 0 aromatic carbocycles. The Bertz CT molecular complexity index is 351. The Morgan fingerprint density at radius 2 is 1.78 bits per heavy atom. The predicted octanol–water partition coefficient (Wildman–Crippen LogP) is 3.90. The zero-order chi connectivity index (χ0) is 16.5. The number of unbranched alkanes of at least 4 members (excludes halogenated alkanes) is 1. The van der Waals surface area contributed by atoms with Crippen molar-refractivity contribution in [2.75, 3.05) is 33.0 Å². The molecule has 23 heavy (non-hydrogen) atoms. The lowest BCUT2D eigenvalue weighted by Gasteiger charge is -2.42. The Balaban J connectivity index is 2.00. The van der Waals surface area contributed by atoms with Crippen LogP contribution < -0.4 is 0 Å². The molecule has 1 atom stereocenters. The number of nitrogens with zero attached hydrogens (tertiary/aromatic N) is 2. The Morgan fingerprint density at radius 1 is 1.13 bits per heavy atom. The quantitative estimate of drug-likeness (QED) is 0.548. The number of rotatable bonds is 6. The van der Waals surface area contributed by atoms with Gasteiger partial charge >= 0.3 is 5.97 Å². The molecule has 1 aliphatic carbocycles. The van der Waals surface area contributed by atoms with Crippen molar-refractivity contribution in [1.82, 2.24) is 4.90 Å². The first-order valence-corrected chi connectivity index (χ1v) is 9.88. The maximum Gasteiger partial charge on any atom is 0.303 e. The van der Waals surface area contributed by atoms with Gasteiger partial charge in [0.05, 0.1) is 25.7 Å². The summed E-state index contributed by atoms with van der Waals surface area (Å²) in [6, 6.07) is 0.821. The number of carbonyl (C=O) groups excluding carboxylic acids is 1. The van der Waals surface area contributed by atoms with E-state index in [0.29, 0.717) is 6.73 Å². The van der Waals surface area contributed by atoms with Gasteiger partial charge in [-0.05, 0) is 32.1 Å². The van der Waals surface area contributed by atoms with Crippen LogP contribution in [0.2, 0.25) is 0 Å². The van der Waals surface area contributed by atoms with Crippen LogP contribution in [0.1, 0.15) is 78.1 Å². The second kappa shape index (κ2) is 9.63. The number of carbonyl (C=O) groups is 1. The van der Waals surface area contributed by atoms with Crippen LogP contribution in [0.25, 0.3) is 0 Å². The molecule has 4 heteroatoms. The molecule has 0 amide bonds. The van der Waals surface area contributed by atoms with Crippen molar-refractivity contribution in [3.63, 3.8) is 0 Å². The average molecular weight is 326 g/mol. The minimum absolute atomic E-state index is 0.161. The molecule has 1 saturated heterocycles. The zero-order valence-electron chi connectivity index (χ0n) is 15.4. The van der Waals surface area contributed by atoms with Crippen molar-refractivity contribution in [2.24, 2.45) is 0 Å². The highest BCUT2D eigenvalue weighted by molar-refractivity contribution is 5.65. The highest BCUT2D eigenvalue weighted by Gasteiger charge is 2.42. The fourth-order valence-corrected chi connectivity index (χ4v) is 4.46. The molecule has 4 nitrogen and oxygen atoms in total. The summed E-state index contributed by atoms with van der Waals surface area (Å²) in [7, 11) is 0. The van der Waals surface area contributed by atoms with Gasteiger partial charge in [-0.1, -0.05) is 39.0 Å². The SMILES string of the molecule is CCCC[N+]1(C2CCCCCCCC2)CCN(COC(C)=O)C1. The maximum absolute atomic E-state index is 11.1. The summed E-state index contributed by atoms with van der Waals surface area (Å²) in [6.45, 7) is 8.99. The lowest BCUT2D eigenvalue weighted by atomic mass is 10.00. The fourth-order valence-electron chi connectivity index (χ4n) is 4.46. The van der Waals surface area contributed by atoms with Gasteiger partial charge in [0, 0.05) is 6.92 Å². The van der Waals surface area contributed by atoms with Crippen molar-refractivity contribution >= 4 is 5.97 Å². The van der Waals surface area contributed by atoms with Gasteiger partial charge in [0.1, 0.15) is 13.4 Å². The first-order chi connectivity index (χ1) is 11.2. The van der Waals surface area contributed by atoms with E-state index in [9.17, 15) is 4.79 Å². The molecule has 0 bridgehead atoms. The van der Waals surface area contributed by atoms with Crippen molar-refractivity contribution in [3.05, 3.63) is 0 Å². The summed E-state index contributed by atoms with van der Waals surface area (Å²) in [5, 5.41) is 0. The molecule has 2 fully saturated rings. The first kappa shape index (κ1) is 18.7. The van der Waals surface area contributed by atoms with Gasteiger partial charge in [0.2, 0.25) is 0 Å². The molecule has 134 valence electrons. The van der Waals surface area contributed by atoms with Crippen molar-refractivity contribution in [2.45, 2.75) is 84.1 Å². The van der Waals surface area contributed by atoms with E-state index in [-0.39, 0.29) is 5.97 Å². The Labute approximate surface area is 142 Å². The third kappa shape index (κ3) is 5.75. The number of hydrogen-bond acceptors (Lipinski definition) is 3.